The van der Waals surface area contributed by atoms with Gasteiger partial charge in [-0.15, -0.1) is 0 Å². The van der Waals surface area contributed by atoms with Crippen LogP contribution in [0.1, 0.15) is 12.8 Å². The van der Waals surface area contributed by atoms with E-state index in [1.807, 2.05) is 0 Å². The topological polar surface area (TPSA) is 91.7 Å². The van der Waals surface area contributed by atoms with Gasteiger partial charge in [0.1, 0.15) is 0 Å². The van der Waals surface area contributed by atoms with Crippen molar-refractivity contribution in [2.45, 2.75) is 12.8 Å². The molecule has 0 aromatic carbocycles. The van der Waals surface area contributed by atoms with Crippen LogP contribution in [0.25, 0.3) is 0 Å². The van der Waals surface area contributed by atoms with Crippen LogP contribution >= 0.6 is 0 Å². The zero-order chi connectivity index (χ0) is 8.57. The first-order valence-electron chi connectivity index (χ1n) is 2.25. The van der Waals surface area contributed by atoms with E-state index in [2.05, 4.69) is 0 Å². The van der Waals surface area contributed by atoms with Gasteiger partial charge in [0.25, 0.3) is 0 Å². The van der Waals surface area contributed by atoms with Crippen LogP contribution in [0.5, 0.6) is 0 Å². The Morgan fingerprint density at radius 2 is 1.20 bits per heavy atom. The van der Waals surface area contributed by atoms with E-state index >= 15 is 0 Å². The second-order valence-electron chi connectivity index (χ2n) is 1.29. The molecule has 0 fully saturated rings. The van der Waals surface area contributed by atoms with Crippen LogP contribution in [0.4, 0.5) is 0 Å². The van der Waals surface area contributed by atoms with Crippen molar-refractivity contribution in [1.82, 2.24) is 0 Å². The van der Waals surface area contributed by atoms with Gasteiger partial charge in [-0.3, -0.25) is 9.59 Å². The summed E-state index contributed by atoms with van der Waals surface area (Å²) in [5.74, 6) is -2.15. The van der Waals surface area contributed by atoms with Crippen LogP contribution in [0, 0.1) is 0 Å². The quantitative estimate of drug-likeness (QED) is 0.652. The molecule has 5 nitrogen and oxygen atoms in total. The van der Waals surface area contributed by atoms with Gasteiger partial charge in [-0.25, -0.2) is 0 Å². The standard InChI is InChI=1S/C4H6O4.Nb.O/c5-3(6)1-2-4(7)8;;/h1-2H2,(H,5,6)(H,7,8);;. The third-order valence-electron chi connectivity index (χ3n) is 0.553. The molecule has 0 rings (SSSR count). The molecular weight excluding hydrogens is 221 g/mol. The molecule has 0 saturated heterocycles. The fourth-order valence-electron chi connectivity index (χ4n) is 0.214. The summed E-state index contributed by atoms with van der Waals surface area (Å²) < 4.78 is 8.30. The summed E-state index contributed by atoms with van der Waals surface area (Å²) in [6.07, 6.45) is -0.593. The molecule has 0 aromatic heterocycles. The summed E-state index contributed by atoms with van der Waals surface area (Å²) in [7, 11) is 0. The van der Waals surface area contributed by atoms with Gasteiger partial charge < -0.3 is 10.2 Å². The van der Waals surface area contributed by atoms with Crippen LogP contribution in [0.2, 0.25) is 0 Å². The summed E-state index contributed by atoms with van der Waals surface area (Å²) in [6.45, 7) is 0. The van der Waals surface area contributed by atoms with Crippen molar-refractivity contribution in [3.63, 3.8) is 0 Å². The summed E-state index contributed by atoms with van der Waals surface area (Å²) >= 11 is 0.500. The van der Waals surface area contributed by atoms with Crippen molar-refractivity contribution in [1.29, 1.82) is 0 Å². The van der Waals surface area contributed by atoms with Crippen molar-refractivity contribution in [2.24, 2.45) is 0 Å². The Morgan fingerprint density at radius 3 is 1.30 bits per heavy atom. The minimum atomic E-state index is -1.08. The number of aliphatic carboxylic acids is 2. The fourth-order valence-corrected chi connectivity index (χ4v) is 0.214. The van der Waals surface area contributed by atoms with Gasteiger partial charge in [0.2, 0.25) is 0 Å². The van der Waals surface area contributed by atoms with E-state index in [1.165, 1.54) is 0 Å². The molecule has 0 radical (unpaired) electrons. The first-order chi connectivity index (χ1) is 4.63. The molecule has 0 aliphatic rings. The van der Waals surface area contributed by atoms with Gasteiger partial charge >= 0.3 is 36.2 Å². The van der Waals surface area contributed by atoms with Crippen molar-refractivity contribution in [3.05, 3.63) is 0 Å². The molecule has 0 unspecified atom stereocenters. The molecule has 57 valence electrons. The molecule has 0 amide bonds. The van der Waals surface area contributed by atoms with Gasteiger partial charge in [0.05, 0.1) is 12.8 Å². The molecule has 0 aliphatic heterocycles. The van der Waals surface area contributed by atoms with Crippen LogP contribution in [0.3, 0.4) is 0 Å². The first kappa shape index (κ1) is 12.2. The molecule has 0 aromatic rings. The van der Waals surface area contributed by atoms with Gasteiger partial charge in [-0.05, 0) is 0 Å². The monoisotopic (exact) mass is 227 g/mol. The normalized spacial score (nSPS) is 7.10. The summed E-state index contributed by atoms with van der Waals surface area (Å²) in [5.41, 5.74) is 0. The minimum absolute atomic E-state index is 0.296. The van der Waals surface area contributed by atoms with Gasteiger partial charge in [0.15, 0.2) is 0 Å². The SMILES string of the molecule is O=C(O)CCC(=O)O.[O]=[Nb]. The summed E-state index contributed by atoms with van der Waals surface area (Å²) in [5, 5.41) is 15.8. The Hall–Kier alpha value is -0.520. The van der Waals surface area contributed by atoms with Crippen LogP contribution in [0.15, 0.2) is 0 Å². The Bertz CT molecular complexity index is 109. The van der Waals surface area contributed by atoms with E-state index in [0.29, 0.717) is 21.0 Å². The molecule has 0 saturated carbocycles. The predicted molar refractivity (Wildman–Crippen MR) is 25.2 cm³/mol. The molecule has 0 heterocycles. The molecule has 6 heteroatoms. The van der Waals surface area contributed by atoms with Crippen molar-refractivity contribution in [3.8, 4) is 0 Å². The van der Waals surface area contributed by atoms with E-state index < -0.39 is 11.9 Å². The van der Waals surface area contributed by atoms with Crippen molar-refractivity contribution in [2.75, 3.05) is 0 Å². The maximum absolute atomic E-state index is 9.64. The Morgan fingerprint density at radius 1 is 1.00 bits per heavy atom. The van der Waals surface area contributed by atoms with Crippen molar-refractivity contribution < 1.29 is 44.1 Å². The van der Waals surface area contributed by atoms with Crippen LogP contribution in [-0.2, 0) is 33.9 Å². The number of carboxylic acids is 2. The van der Waals surface area contributed by atoms with E-state index in [-0.39, 0.29) is 12.8 Å². The molecule has 0 spiro atoms. The van der Waals surface area contributed by atoms with E-state index in [0.717, 1.165) is 0 Å². The Balaban J connectivity index is 0. The zero-order valence-corrected chi connectivity index (χ0v) is 7.18. The second-order valence-corrected chi connectivity index (χ2v) is 1.29. The number of carboxylic acid groups (broad SMARTS) is 2. The number of rotatable bonds is 3. The fraction of sp³-hybridized carbons (Fsp3) is 0.500. The molecule has 2 N–H and O–H groups in total. The maximum atomic E-state index is 9.64. The van der Waals surface area contributed by atoms with Crippen LogP contribution in [-0.4, -0.2) is 22.2 Å². The predicted octanol–water partition coefficient (Wildman–Crippen LogP) is -0.186. The van der Waals surface area contributed by atoms with E-state index in [4.69, 9.17) is 13.5 Å². The van der Waals surface area contributed by atoms with Gasteiger partial charge in [-0.1, -0.05) is 0 Å². The zero-order valence-electron chi connectivity index (χ0n) is 4.98. The average molecular weight is 227 g/mol. The Kier molecular flexibility index (Phi) is 10.3. The molecule has 10 heavy (non-hydrogen) atoms. The van der Waals surface area contributed by atoms with Crippen molar-refractivity contribution >= 4 is 11.9 Å². The second kappa shape index (κ2) is 8.48. The summed E-state index contributed by atoms with van der Waals surface area (Å²) in [6, 6.07) is 0. The molecule has 0 aliphatic carbocycles. The number of hydrogen-bond acceptors (Lipinski definition) is 3. The Labute approximate surface area is 69.3 Å². The third-order valence-corrected chi connectivity index (χ3v) is 0.553. The van der Waals surface area contributed by atoms with E-state index in [9.17, 15) is 9.59 Å². The third kappa shape index (κ3) is 15.6. The number of hydrogen-bond donors (Lipinski definition) is 2. The molecule has 0 atom stereocenters. The molecule has 0 bridgehead atoms. The molecular formula is C4H6NbO5. The van der Waals surface area contributed by atoms with Gasteiger partial charge in [0, 0.05) is 0 Å². The first-order valence-corrected chi connectivity index (χ1v) is 3.14. The van der Waals surface area contributed by atoms with Gasteiger partial charge in [-0.2, -0.15) is 0 Å². The number of carbonyl (C=O) groups is 2. The van der Waals surface area contributed by atoms with E-state index in [1.54, 1.807) is 0 Å². The average Bonchev–Trinajstić information content (AvgIpc) is 1.89. The summed E-state index contributed by atoms with van der Waals surface area (Å²) in [4.78, 5) is 19.3. The van der Waals surface area contributed by atoms with Crippen LogP contribution < -0.4 is 0 Å².